The van der Waals surface area contributed by atoms with Gasteiger partial charge in [-0.2, -0.15) is 5.10 Å². The van der Waals surface area contributed by atoms with E-state index >= 15 is 0 Å². The average Bonchev–Trinajstić information content (AvgIpc) is 3.04. The maximum atomic E-state index is 13.3. The van der Waals surface area contributed by atoms with Crippen LogP contribution in [0.15, 0.2) is 42.7 Å². The molecule has 28 heavy (non-hydrogen) atoms. The van der Waals surface area contributed by atoms with Crippen molar-refractivity contribution in [2.45, 2.75) is 34.2 Å². The Morgan fingerprint density at radius 2 is 1.86 bits per heavy atom. The Bertz CT molecular complexity index is 956. The molecule has 0 aliphatic heterocycles. The molecule has 1 aromatic carbocycles. The van der Waals surface area contributed by atoms with Crippen LogP contribution in [0.1, 0.15) is 41.2 Å². The van der Waals surface area contributed by atoms with E-state index in [1.54, 1.807) is 10.9 Å². The molecule has 2 aromatic heterocycles. The van der Waals surface area contributed by atoms with Crippen LogP contribution in [0.3, 0.4) is 0 Å². The number of carbonyl (C=O) groups excluding carboxylic acids is 1. The van der Waals surface area contributed by atoms with Gasteiger partial charge in [0, 0.05) is 54.4 Å². The number of rotatable bonds is 6. The zero-order valence-electron chi connectivity index (χ0n) is 17.2. The van der Waals surface area contributed by atoms with Gasteiger partial charge in [0.2, 0.25) is 0 Å². The van der Waals surface area contributed by atoms with E-state index in [1.165, 1.54) is 0 Å². The van der Waals surface area contributed by atoms with Gasteiger partial charge in [-0.15, -0.1) is 0 Å². The molecule has 0 bridgehead atoms. The zero-order chi connectivity index (χ0) is 20.3. The molecule has 0 saturated carbocycles. The molecular weight excluding hydrogens is 350 g/mol. The summed E-state index contributed by atoms with van der Waals surface area (Å²) in [5.74, 6) is 1.02. The van der Waals surface area contributed by atoms with Crippen molar-refractivity contribution in [3.63, 3.8) is 0 Å². The Labute approximate surface area is 166 Å². The van der Waals surface area contributed by atoms with Crippen molar-refractivity contribution in [2.75, 3.05) is 6.54 Å². The van der Waals surface area contributed by atoms with Gasteiger partial charge in [0.1, 0.15) is 0 Å². The van der Waals surface area contributed by atoms with Gasteiger partial charge < -0.3 is 4.90 Å². The molecule has 0 N–H and O–H groups in total. The van der Waals surface area contributed by atoms with E-state index in [0.717, 1.165) is 22.5 Å². The first kappa shape index (κ1) is 19.7. The summed E-state index contributed by atoms with van der Waals surface area (Å²) in [6, 6.07) is 9.51. The highest BCUT2D eigenvalue weighted by atomic mass is 16.2. The van der Waals surface area contributed by atoms with Crippen molar-refractivity contribution < 1.29 is 4.79 Å². The second-order valence-electron chi connectivity index (χ2n) is 7.66. The highest BCUT2D eigenvalue weighted by molar-refractivity contribution is 5.95. The number of nitrogens with zero attached hydrogens (tertiary/aromatic N) is 5. The number of hydrogen-bond acceptors (Lipinski definition) is 4. The van der Waals surface area contributed by atoms with Gasteiger partial charge in [-0.1, -0.05) is 26.0 Å². The van der Waals surface area contributed by atoms with Crippen LogP contribution >= 0.6 is 0 Å². The van der Waals surface area contributed by atoms with E-state index in [1.807, 2.05) is 62.3 Å². The maximum Gasteiger partial charge on any atom is 0.254 e. The van der Waals surface area contributed by atoms with E-state index in [9.17, 15) is 4.79 Å². The highest BCUT2D eigenvalue weighted by Gasteiger charge is 2.19. The minimum atomic E-state index is 0.00350. The van der Waals surface area contributed by atoms with E-state index in [2.05, 4.69) is 28.9 Å². The van der Waals surface area contributed by atoms with Crippen molar-refractivity contribution in [1.82, 2.24) is 24.6 Å². The first-order valence-corrected chi connectivity index (χ1v) is 9.51. The Kier molecular flexibility index (Phi) is 5.87. The Morgan fingerprint density at radius 3 is 2.46 bits per heavy atom. The Hall–Kier alpha value is -3.02. The zero-order valence-corrected chi connectivity index (χ0v) is 17.2. The maximum absolute atomic E-state index is 13.3. The first-order valence-electron chi connectivity index (χ1n) is 9.51. The predicted molar refractivity (Wildman–Crippen MR) is 110 cm³/mol. The third-order valence-electron chi connectivity index (χ3n) is 4.35. The smallest absolute Gasteiger partial charge is 0.254 e. The van der Waals surface area contributed by atoms with Gasteiger partial charge in [-0.25, -0.2) is 9.97 Å². The van der Waals surface area contributed by atoms with Crippen LogP contribution in [0.25, 0.3) is 11.4 Å². The lowest BCUT2D eigenvalue weighted by Gasteiger charge is -2.24. The molecule has 146 valence electrons. The number of amides is 1. The molecule has 1 amide bonds. The number of hydrogen-bond donors (Lipinski definition) is 0. The Morgan fingerprint density at radius 1 is 1.14 bits per heavy atom. The van der Waals surface area contributed by atoms with Gasteiger partial charge in [-0.05, 0) is 38.0 Å². The van der Waals surface area contributed by atoms with Crippen LogP contribution in [0.4, 0.5) is 0 Å². The largest absolute Gasteiger partial charge is 0.334 e. The summed E-state index contributed by atoms with van der Waals surface area (Å²) in [4.78, 5) is 24.2. The van der Waals surface area contributed by atoms with Crippen LogP contribution in [-0.4, -0.2) is 37.1 Å². The summed E-state index contributed by atoms with van der Waals surface area (Å²) < 4.78 is 1.76. The van der Waals surface area contributed by atoms with Gasteiger partial charge in [0.05, 0.1) is 6.20 Å². The summed E-state index contributed by atoms with van der Waals surface area (Å²) in [5, 5.41) is 4.21. The summed E-state index contributed by atoms with van der Waals surface area (Å²) in [6.07, 6.45) is 3.75. The van der Waals surface area contributed by atoms with Gasteiger partial charge in [0.15, 0.2) is 5.82 Å². The van der Waals surface area contributed by atoms with E-state index < -0.39 is 0 Å². The number of aromatic nitrogens is 4. The minimum Gasteiger partial charge on any atom is -0.334 e. The Balaban J connectivity index is 1.90. The summed E-state index contributed by atoms with van der Waals surface area (Å²) >= 11 is 0. The normalized spacial score (nSPS) is 11.1. The molecule has 0 radical (unpaired) electrons. The van der Waals surface area contributed by atoms with E-state index in [4.69, 9.17) is 0 Å². The SMILES string of the molecule is Cc1cc(C)nc(-c2cccc(C(=O)N(Cc3cnn(C)c3)CC(C)C)c2)n1. The average molecular weight is 377 g/mol. The van der Waals surface area contributed by atoms with Crippen molar-refractivity contribution in [2.24, 2.45) is 13.0 Å². The molecule has 3 aromatic rings. The minimum absolute atomic E-state index is 0.00350. The van der Waals surface area contributed by atoms with Crippen molar-refractivity contribution >= 4 is 5.91 Å². The fourth-order valence-electron chi connectivity index (χ4n) is 3.26. The molecule has 0 aliphatic carbocycles. The molecule has 0 spiro atoms. The van der Waals surface area contributed by atoms with E-state index in [-0.39, 0.29) is 5.91 Å². The van der Waals surface area contributed by atoms with Crippen molar-refractivity contribution in [1.29, 1.82) is 0 Å². The van der Waals surface area contributed by atoms with Crippen LogP contribution in [0.2, 0.25) is 0 Å². The van der Waals surface area contributed by atoms with Crippen LogP contribution < -0.4 is 0 Å². The lowest BCUT2D eigenvalue weighted by molar-refractivity contribution is 0.0722. The second kappa shape index (κ2) is 8.33. The second-order valence-corrected chi connectivity index (χ2v) is 7.66. The molecule has 6 heteroatoms. The third-order valence-corrected chi connectivity index (χ3v) is 4.35. The first-order chi connectivity index (χ1) is 13.3. The fraction of sp³-hybridized carbons (Fsp3) is 0.364. The molecule has 3 rings (SSSR count). The lowest BCUT2D eigenvalue weighted by Crippen LogP contribution is -2.33. The molecule has 0 aliphatic rings. The topological polar surface area (TPSA) is 63.9 Å². The van der Waals surface area contributed by atoms with E-state index in [0.29, 0.717) is 30.4 Å². The lowest BCUT2D eigenvalue weighted by atomic mass is 10.1. The van der Waals surface area contributed by atoms with Gasteiger partial charge in [-0.3, -0.25) is 9.48 Å². The molecule has 0 saturated heterocycles. The standard InChI is InChI=1S/C22H27N5O/c1-15(2)12-27(14-18-11-23-26(5)13-18)22(28)20-8-6-7-19(10-20)21-24-16(3)9-17(4)25-21/h6-11,13,15H,12,14H2,1-5H3. The number of carbonyl (C=O) groups is 1. The molecule has 2 heterocycles. The quantitative estimate of drug-likeness (QED) is 0.656. The van der Waals surface area contributed by atoms with Gasteiger partial charge >= 0.3 is 0 Å². The van der Waals surface area contributed by atoms with Crippen LogP contribution in [0, 0.1) is 19.8 Å². The van der Waals surface area contributed by atoms with Crippen LogP contribution in [0.5, 0.6) is 0 Å². The molecule has 0 fully saturated rings. The monoisotopic (exact) mass is 377 g/mol. The van der Waals surface area contributed by atoms with Crippen molar-refractivity contribution in [3.05, 3.63) is 65.2 Å². The molecular formula is C22H27N5O. The summed E-state index contributed by atoms with van der Waals surface area (Å²) in [7, 11) is 1.88. The molecule has 0 atom stereocenters. The third kappa shape index (κ3) is 4.82. The molecule has 6 nitrogen and oxygen atoms in total. The number of benzene rings is 1. The summed E-state index contributed by atoms with van der Waals surface area (Å²) in [5.41, 5.74) is 4.34. The van der Waals surface area contributed by atoms with Crippen LogP contribution in [-0.2, 0) is 13.6 Å². The highest BCUT2D eigenvalue weighted by Crippen LogP contribution is 2.20. The molecule has 0 unspecified atom stereocenters. The number of aryl methyl sites for hydroxylation is 3. The van der Waals surface area contributed by atoms with Gasteiger partial charge in [0.25, 0.3) is 5.91 Å². The predicted octanol–water partition coefficient (Wildman–Crippen LogP) is 3.79. The van der Waals surface area contributed by atoms with Crippen molar-refractivity contribution in [3.8, 4) is 11.4 Å². The fourth-order valence-corrected chi connectivity index (χ4v) is 3.26. The summed E-state index contributed by atoms with van der Waals surface area (Å²) in [6.45, 7) is 9.34.